The normalized spacial score (nSPS) is 14.0. The molecule has 0 aliphatic carbocycles. The standard InChI is InChI=1S/C14H18N4O3/c1-3-4-11(7-20)21-9(2)18-5-10(6-19)12-13(15)16-8-17-14(12)18/h1,5,8-9,11,19-20H,4,6-7H2,2H3,(H2,15,16,17)/t9-,11+/m1/s1. The van der Waals surface area contributed by atoms with Crippen LogP contribution in [0.5, 0.6) is 0 Å². The second-order valence-corrected chi connectivity index (χ2v) is 4.63. The monoisotopic (exact) mass is 290 g/mol. The largest absolute Gasteiger partial charge is 0.394 e. The fourth-order valence-electron chi connectivity index (χ4n) is 2.22. The van der Waals surface area contributed by atoms with E-state index in [0.29, 0.717) is 28.8 Å². The summed E-state index contributed by atoms with van der Waals surface area (Å²) in [5.41, 5.74) is 7.03. The van der Waals surface area contributed by atoms with E-state index in [0.717, 1.165) is 0 Å². The lowest BCUT2D eigenvalue weighted by atomic mass is 10.2. The molecule has 7 heteroatoms. The van der Waals surface area contributed by atoms with Gasteiger partial charge in [-0.15, -0.1) is 12.3 Å². The SMILES string of the molecule is C#CC[C@@H](CO)O[C@H](C)n1cc(CO)c2c(N)ncnc21. The van der Waals surface area contributed by atoms with Gasteiger partial charge in [-0.1, -0.05) is 0 Å². The Morgan fingerprint density at radius 1 is 1.48 bits per heavy atom. The third kappa shape index (κ3) is 2.97. The average Bonchev–Trinajstić information content (AvgIpc) is 2.87. The molecule has 0 aromatic carbocycles. The molecule has 0 radical (unpaired) electrons. The molecule has 0 bridgehead atoms. The lowest BCUT2D eigenvalue weighted by Gasteiger charge is -2.21. The Balaban J connectivity index is 2.38. The predicted molar refractivity (Wildman–Crippen MR) is 78.0 cm³/mol. The maximum absolute atomic E-state index is 9.44. The van der Waals surface area contributed by atoms with Crippen LogP contribution in [0.2, 0.25) is 0 Å². The van der Waals surface area contributed by atoms with Crippen LogP contribution in [-0.4, -0.2) is 37.5 Å². The van der Waals surface area contributed by atoms with E-state index >= 15 is 0 Å². The van der Waals surface area contributed by atoms with Gasteiger partial charge in [-0.05, 0) is 6.92 Å². The van der Waals surface area contributed by atoms with Crippen LogP contribution >= 0.6 is 0 Å². The molecule has 0 saturated carbocycles. The van der Waals surface area contributed by atoms with Gasteiger partial charge in [0, 0.05) is 18.2 Å². The summed E-state index contributed by atoms with van der Waals surface area (Å²) in [5.74, 6) is 2.76. The summed E-state index contributed by atoms with van der Waals surface area (Å²) in [4.78, 5) is 8.12. The number of rotatable bonds is 6. The predicted octanol–water partition coefficient (Wildman–Crippen LogP) is 0.425. The summed E-state index contributed by atoms with van der Waals surface area (Å²) in [5, 5.41) is 19.3. The van der Waals surface area contributed by atoms with Crippen LogP contribution in [0.15, 0.2) is 12.5 Å². The van der Waals surface area contributed by atoms with Gasteiger partial charge in [0.1, 0.15) is 24.0 Å². The number of aliphatic hydroxyl groups is 2. The first kappa shape index (κ1) is 15.3. The molecule has 0 saturated heterocycles. The fourth-order valence-corrected chi connectivity index (χ4v) is 2.22. The number of terminal acetylenes is 1. The van der Waals surface area contributed by atoms with Crippen molar-refractivity contribution in [1.82, 2.24) is 14.5 Å². The van der Waals surface area contributed by atoms with Crippen molar-refractivity contribution in [2.24, 2.45) is 0 Å². The zero-order chi connectivity index (χ0) is 15.4. The van der Waals surface area contributed by atoms with Crippen LogP contribution in [0.3, 0.4) is 0 Å². The van der Waals surface area contributed by atoms with Crippen molar-refractivity contribution in [1.29, 1.82) is 0 Å². The van der Waals surface area contributed by atoms with E-state index in [-0.39, 0.29) is 13.2 Å². The van der Waals surface area contributed by atoms with Crippen LogP contribution in [0.1, 0.15) is 25.1 Å². The van der Waals surface area contributed by atoms with Crippen molar-refractivity contribution < 1.29 is 14.9 Å². The highest BCUT2D eigenvalue weighted by Gasteiger charge is 2.19. The van der Waals surface area contributed by atoms with E-state index in [1.807, 2.05) is 0 Å². The Kier molecular flexibility index (Phi) is 4.75. The molecule has 2 heterocycles. The molecular formula is C14H18N4O3. The Morgan fingerprint density at radius 2 is 2.24 bits per heavy atom. The maximum atomic E-state index is 9.44. The number of nitrogen functional groups attached to an aromatic ring is 1. The number of nitrogens with two attached hydrogens (primary N) is 1. The first-order valence-electron chi connectivity index (χ1n) is 6.52. The summed E-state index contributed by atoms with van der Waals surface area (Å²) >= 11 is 0. The molecule has 0 amide bonds. The Labute approximate surface area is 122 Å². The van der Waals surface area contributed by atoms with Crippen LogP contribution in [0.25, 0.3) is 11.0 Å². The van der Waals surface area contributed by atoms with Crippen LogP contribution in [0.4, 0.5) is 5.82 Å². The van der Waals surface area contributed by atoms with Crippen LogP contribution in [-0.2, 0) is 11.3 Å². The van der Waals surface area contributed by atoms with Crippen LogP contribution < -0.4 is 5.73 Å². The smallest absolute Gasteiger partial charge is 0.147 e. The number of hydrogen-bond acceptors (Lipinski definition) is 6. The number of ether oxygens (including phenoxy) is 1. The fraction of sp³-hybridized carbons (Fsp3) is 0.429. The van der Waals surface area contributed by atoms with Gasteiger partial charge in [0.25, 0.3) is 0 Å². The van der Waals surface area contributed by atoms with Crippen molar-refractivity contribution in [3.63, 3.8) is 0 Å². The molecule has 0 fully saturated rings. The summed E-state index contributed by atoms with van der Waals surface area (Å²) in [6, 6.07) is 0. The zero-order valence-corrected chi connectivity index (χ0v) is 11.7. The third-order valence-electron chi connectivity index (χ3n) is 3.22. The number of nitrogens with zero attached hydrogens (tertiary/aromatic N) is 3. The molecule has 2 aromatic heterocycles. The van der Waals surface area contributed by atoms with Crippen molar-refractivity contribution >= 4 is 16.9 Å². The van der Waals surface area contributed by atoms with Crippen LogP contribution in [0, 0.1) is 12.3 Å². The quantitative estimate of drug-likeness (QED) is 0.666. The van der Waals surface area contributed by atoms with Crippen molar-refractivity contribution in [2.75, 3.05) is 12.3 Å². The molecule has 2 atom stereocenters. The number of fused-ring (bicyclic) bond motifs is 1. The molecular weight excluding hydrogens is 272 g/mol. The zero-order valence-electron chi connectivity index (χ0n) is 11.7. The number of hydrogen-bond donors (Lipinski definition) is 3. The summed E-state index contributed by atoms with van der Waals surface area (Å²) in [6.45, 7) is 1.46. The topological polar surface area (TPSA) is 106 Å². The van der Waals surface area contributed by atoms with Crippen molar-refractivity contribution in [3.05, 3.63) is 18.1 Å². The summed E-state index contributed by atoms with van der Waals surface area (Å²) < 4.78 is 7.45. The molecule has 0 aliphatic heterocycles. The average molecular weight is 290 g/mol. The molecule has 2 aromatic rings. The highest BCUT2D eigenvalue weighted by Crippen LogP contribution is 2.27. The highest BCUT2D eigenvalue weighted by molar-refractivity contribution is 5.89. The molecule has 112 valence electrons. The molecule has 0 aliphatic rings. The van der Waals surface area contributed by atoms with Crippen molar-refractivity contribution in [3.8, 4) is 12.3 Å². The van der Waals surface area contributed by atoms with Gasteiger partial charge in [0.2, 0.25) is 0 Å². The highest BCUT2D eigenvalue weighted by atomic mass is 16.5. The van der Waals surface area contributed by atoms with Gasteiger partial charge < -0.3 is 25.3 Å². The van der Waals surface area contributed by atoms with E-state index < -0.39 is 12.3 Å². The molecule has 0 spiro atoms. The second kappa shape index (κ2) is 6.54. The summed E-state index contributed by atoms with van der Waals surface area (Å²) in [7, 11) is 0. The van der Waals surface area contributed by atoms with E-state index in [4.69, 9.17) is 16.9 Å². The molecule has 7 nitrogen and oxygen atoms in total. The second-order valence-electron chi connectivity index (χ2n) is 4.63. The van der Waals surface area contributed by atoms with Gasteiger partial charge >= 0.3 is 0 Å². The van der Waals surface area contributed by atoms with E-state index in [2.05, 4.69) is 15.9 Å². The first-order chi connectivity index (χ1) is 10.1. The Bertz CT molecular complexity index is 662. The molecule has 0 unspecified atom stereocenters. The Hall–Kier alpha value is -2.14. The van der Waals surface area contributed by atoms with E-state index in [1.54, 1.807) is 17.7 Å². The van der Waals surface area contributed by atoms with Gasteiger partial charge in [0.15, 0.2) is 0 Å². The molecule has 4 N–H and O–H groups in total. The minimum Gasteiger partial charge on any atom is -0.394 e. The van der Waals surface area contributed by atoms with Crippen molar-refractivity contribution in [2.45, 2.75) is 32.3 Å². The number of anilines is 1. The Morgan fingerprint density at radius 3 is 2.86 bits per heavy atom. The molecule has 21 heavy (non-hydrogen) atoms. The lowest BCUT2D eigenvalue weighted by molar-refractivity contribution is -0.0606. The van der Waals surface area contributed by atoms with Gasteiger partial charge in [0.05, 0.1) is 24.7 Å². The third-order valence-corrected chi connectivity index (χ3v) is 3.22. The van der Waals surface area contributed by atoms with Gasteiger partial charge in [-0.3, -0.25) is 0 Å². The number of aliphatic hydroxyl groups excluding tert-OH is 2. The van der Waals surface area contributed by atoms with Gasteiger partial charge in [-0.2, -0.15) is 0 Å². The summed E-state index contributed by atoms with van der Waals surface area (Å²) in [6.07, 6.45) is 7.73. The maximum Gasteiger partial charge on any atom is 0.147 e. The number of aromatic nitrogens is 3. The van der Waals surface area contributed by atoms with E-state index in [1.165, 1.54) is 6.33 Å². The first-order valence-corrected chi connectivity index (χ1v) is 6.52. The molecule has 2 rings (SSSR count). The lowest BCUT2D eigenvalue weighted by Crippen LogP contribution is -2.22. The van der Waals surface area contributed by atoms with Gasteiger partial charge in [-0.25, -0.2) is 9.97 Å². The van der Waals surface area contributed by atoms with E-state index in [9.17, 15) is 10.2 Å². The minimum atomic E-state index is -0.459. The minimum absolute atomic E-state index is 0.169.